The number of unbranched alkanes of at least 4 members (excludes halogenated alkanes) is 12. The van der Waals surface area contributed by atoms with Gasteiger partial charge in [0.1, 0.15) is 21.4 Å². The smallest absolute Gasteiger partial charge is 0.262 e. The topological polar surface area (TPSA) is 209 Å². The lowest BCUT2D eigenvalue weighted by molar-refractivity contribution is 0.0586. The Hall–Kier alpha value is -7.44. The van der Waals surface area contributed by atoms with Gasteiger partial charge in [-0.25, -0.2) is 9.97 Å². The zero-order chi connectivity index (χ0) is 54.8. The largest absolute Gasteiger partial charge is 0.283 e. The molecule has 5 aliphatic rings. The second-order valence-corrected chi connectivity index (χ2v) is 22.9. The maximum Gasteiger partial charge on any atom is 0.262 e. The summed E-state index contributed by atoms with van der Waals surface area (Å²) in [6.45, 7) is 8.78. The molecule has 0 fully saturated rings. The van der Waals surface area contributed by atoms with Gasteiger partial charge in [-0.15, -0.1) is 22.7 Å². The van der Waals surface area contributed by atoms with Crippen molar-refractivity contribution in [1.29, 1.82) is 0 Å². The fourth-order valence-corrected chi connectivity index (χ4v) is 14.1. The second kappa shape index (κ2) is 21.1. The summed E-state index contributed by atoms with van der Waals surface area (Å²) in [7, 11) is 0. The maximum atomic E-state index is 15.0. The van der Waals surface area contributed by atoms with E-state index < -0.39 is 58.8 Å². The number of hydrogen-bond donors (Lipinski definition) is 0. The molecule has 1 aliphatic carbocycles. The summed E-state index contributed by atoms with van der Waals surface area (Å²) in [4.78, 5) is 160. The van der Waals surface area contributed by atoms with Gasteiger partial charge in [0, 0.05) is 92.2 Å². The zero-order valence-electron chi connectivity index (χ0n) is 44.2. The molecule has 0 saturated heterocycles. The Morgan fingerprint density at radius 1 is 0.333 bits per heavy atom. The Morgan fingerprint density at radius 3 is 0.923 bits per heavy atom. The highest BCUT2D eigenvalue weighted by Crippen LogP contribution is 2.51. The second-order valence-electron chi connectivity index (χ2n) is 20.9. The van der Waals surface area contributed by atoms with E-state index >= 15 is 0 Å². The van der Waals surface area contributed by atoms with E-state index in [1.807, 2.05) is 0 Å². The Balaban J connectivity index is 1.08. The number of imide groups is 4. The van der Waals surface area contributed by atoms with Crippen LogP contribution in [0.2, 0.25) is 0 Å². The van der Waals surface area contributed by atoms with E-state index in [4.69, 9.17) is 9.97 Å². The summed E-state index contributed by atoms with van der Waals surface area (Å²) in [5.74, 6) is -6.59. The molecule has 400 valence electrons. The van der Waals surface area contributed by atoms with Gasteiger partial charge >= 0.3 is 0 Å². The van der Waals surface area contributed by atoms with Gasteiger partial charge in [0.25, 0.3) is 58.8 Å². The predicted molar refractivity (Wildman–Crippen MR) is 296 cm³/mol. The highest BCUT2D eigenvalue weighted by molar-refractivity contribution is 7.25. The first-order valence-electron chi connectivity index (χ1n) is 27.6. The van der Waals surface area contributed by atoms with E-state index in [1.54, 1.807) is 12.1 Å². The molecule has 0 saturated carbocycles. The third kappa shape index (κ3) is 8.27. The van der Waals surface area contributed by atoms with Crippen LogP contribution in [0.25, 0.3) is 52.4 Å². The monoisotopic (exact) mass is 1090 g/mol. The molecule has 0 radical (unpaired) electrons. The van der Waals surface area contributed by atoms with Gasteiger partial charge in [0.05, 0.1) is 20.9 Å². The van der Waals surface area contributed by atoms with Gasteiger partial charge in [-0.1, -0.05) is 105 Å². The third-order valence-corrected chi connectivity index (χ3v) is 18.2. The molecule has 0 atom stereocenters. The van der Waals surface area contributed by atoms with Crippen molar-refractivity contribution < 1.29 is 47.9 Å². The molecule has 8 amide bonds. The molecule has 0 N–H and O–H groups in total. The molecule has 78 heavy (non-hydrogen) atoms. The van der Waals surface area contributed by atoms with Gasteiger partial charge < -0.3 is 0 Å². The average Bonchev–Trinajstić information content (AvgIpc) is 3.80. The molecule has 6 aromatic rings. The molecule has 18 heteroatoms. The SMILES string of the molecule is CCCCCCN1C(=O)c2ccc3c4c(c(-c5nc6c(s5)-c5sc(-c7cc8c9c(ccc%10c9c7C(=O)N(CCCCCC)C%10=O)C(=O)N(CCCCCC)C8=O)nc5C(=O)C6=O)cc(c24)C1=O)C(=O)N(CCCCCC)C3=O. The first-order valence-corrected chi connectivity index (χ1v) is 29.2. The summed E-state index contributed by atoms with van der Waals surface area (Å²) in [6, 6.07) is 9.20. The normalized spacial score (nSPS) is 15.6. The highest BCUT2D eigenvalue weighted by atomic mass is 32.1. The van der Waals surface area contributed by atoms with E-state index in [0.29, 0.717) is 25.7 Å². The summed E-state index contributed by atoms with van der Waals surface area (Å²) >= 11 is 1.99. The Kier molecular flexibility index (Phi) is 14.2. The van der Waals surface area contributed by atoms with Crippen LogP contribution < -0.4 is 0 Å². The van der Waals surface area contributed by atoms with Crippen LogP contribution >= 0.6 is 22.7 Å². The maximum absolute atomic E-state index is 15.0. The molecule has 6 heterocycles. The van der Waals surface area contributed by atoms with Crippen LogP contribution in [0, 0.1) is 0 Å². The number of rotatable bonds is 22. The Bertz CT molecular complexity index is 3450. The van der Waals surface area contributed by atoms with Crippen molar-refractivity contribution in [3.05, 3.63) is 92.3 Å². The fourth-order valence-electron chi connectivity index (χ4n) is 11.8. The lowest BCUT2D eigenvalue weighted by Crippen LogP contribution is -2.44. The third-order valence-electron chi connectivity index (χ3n) is 15.8. The summed E-state index contributed by atoms with van der Waals surface area (Å²) in [5.41, 5.74) is 0.797. The van der Waals surface area contributed by atoms with Crippen LogP contribution in [-0.4, -0.2) is 115 Å². The molecule has 2 aromatic heterocycles. The van der Waals surface area contributed by atoms with Gasteiger partial charge in [-0.2, -0.15) is 0 Å². The number of aromatic nitrogens is 2. The van der Waals surface area contributed by atoms with Crippen molar-refractivity contribution in [1.82, 2.24) is 29.6 Å². The van der Waals surface area contributed by atoms with Crippen LogP contribution in [0.3, 0.4) is 0 Å². The molecular formula is C60H58N6O10S2. The van der Waals surface area contributed by atoms with E-state index in [0.717, 1.165) is 99.7 Å². The number of carbonyl (C=O) groups excluding carboxylic acids is 10. The number of nitrogens with zero attached hydrogens (tertiary/aromatic N) is 6. The van der Waals surface area contributed by atoms with Crippen LogP contribution in [0.5, 0.6) is 0 Å². The van der Waals surface area contributed by atoms with Gasteiger partial charge in [0.15, 0.2) is 0 Å². The lowest BCUT2D eigenvalue weighted by atomic mass is 9.83. The minimum atomic E-state index is -0.983. The van der Waals surface area contributed by atoms with Crippen molar-refractivity contribution in [2.75, 3.05) is 26.2 Å². The van der Waals surface area contributed by atoms with Gasteiger partial charge in [-0.05, 0) is 62.1 Å². The number of ketones is 2. The molecule has 0 unspecified atom stereocenters. The van der Waals surface area contributed by atoms with Crippen molar-refractivity contribution in [2.24, 2.45) is 0 Å². The van der Waals surface area contributed by atoms with Crippen molar-refractivity contribution >= 4 is 103 Å². The van der Waals surface area contributed by atoms with Gasteiger partial charge in [-0.3, -0.25) is 67.5 Å². The summed E-state index contributed by atoms with van der Waals surface area (Å²) in [6.07, 6.45) is 12.8. The number of benzene rings is 4. The molecule has 0 bridgehead atoms. The van der Waals surface area contributed by atoms with E-state index in [1.165, 1.54) is 43.9 Å². The van der Waals surface area contributed by atoms with E-state index in [9.17, 15) is 47.9 Å². The first-order chi connectivity index (χ1) is 37.8. The molecule has 4 aliphatic heterocycles. The average molecular weight is 1090 g/mol. The summed E-state index contributed by atoms with van der Waals surface area (Å²) < 4.78 is 0. The fraction of sp³-hybridized carbons (Fsp3) is 0.400. The number of carbonyl (C=O) groups is 10. The van der Waals surface area contributed by atoms with Crippen LogP contribution in [0.1, 0.15) is 234 Å². The summed E-state index contributed by atoms with van der Waals surface area (Å²) in [5, 5.41) is 0.910. The van der Waals surface area contributed by atoms with Crippen LogP contribution in [0.4, 0.5) is 0 Å². The molecule has 0 spiro atoms. The standard InChI is InChI=1S/C60H58N6O10S2/c1-5-9-13-17-25-63-53(69)31-21-23-33-41-39(31)37(57(63)73)29-35(43(41)59(75)65(55(33)71)27-19-15-11-7-3)51-61-45-47(67)48(68)46-50(49(45)77-51)78-52(62-46)36-30-38-40-32(54(70)64(58(38)74)26-18-14-10-6-2)22-24-34-42(40)44(36)60(76)66(56(34)72)28-20-16-12-8-4/h21-24,29-30H,5-20,25-28H2,1-4H3. The van der Waals surface area contributed by atoms with Crippen LogP contribution in [-0.2, 0) is 0 Å². The van der Waals surface area contributed by atoms with Crippen molar-refractivity contribution in [2.45, 2.75) is 130 Å². The van der Waals surface area contributed by atoms with Crippen molar-refractivity contribution in [3.8, 4) is 30.9 Å². The molecular weight excluding hydrogens is 1030 g/mol. The number of fused-ring (bicyclic) bond motifs is 3. The molecule has 11 rings (SSSR count). The van der Waals surface area contributed by atoms with Gasteiger partial charge in [0.2, 0.25) is 0 Å². The predicted octanol–water partition coefficient (Wildman–Crippen LogP) is 12.0. The number of hydrogen-bond acceptors (Lipinski definition) is 14. The van der Waals surface area contributed by atoms with E-state index in [2.05, 4.69) is 27.7 Å². The quantitative estimate of drug-likeness (QED) is 0.0353. The minimum absolute atomic E-state index is 0.0436. The molecule has 16 nitrogen and oxygen atoms in total. The number of amides is 8. The Labute approximate surface area is 458 Å². The van der Waals surface area contributed by atoms with Crippen LogP contribution in [0.15, 0.2) is 36.4 Å². The highest BCUT2D eigenvalue weighted by Gasteiger charge is 2.46. The number of Topliss-reactive ketones (excluding diaryl/α,β-unsaturated/α-hetero) is 2. The minimum Gasteiger partial charge on any atom is -0.283 e. The Morgan fingerprint density at radius 2 is 0.615 bits per heavy atom. The lowest BCUT2D eigenvalue weighted by Gasteiger charge is -2.33. The number of thiazole rings is 2. The first kappa shape index (κ1) is 52.6. The zero-order valence-corrected chi connectivity index (χ0v) is 45.8. The van der Waals surface area contributed by atoms with E-state index in [-0.39, 0.29) is 135 Å². The molecule has 4 aromatic carbocycles. The van der Waals surface area contributed by atoms with Crippen molar-refractivity contribution in [3.63, 3.8) is 0 Å².